The van der Waals surface area contributed by atoms with Crippen molar-refractivity contribution in [1.82, 2.24) is 9.55 Å². The summed E-state index contributed by atoms with van der Waals surface area (Å²) >= 11 is 0. The van der Waals surface area contributed by atoms with Gasteiger partial charge in [-0.05, 0) is 25.3 Å². The molecule has 1 heterocycles. The molecule has 1 atom stereocenters. The van der Waals surface area contributed by atoms with Crippen LogP contribution in [0.4, 0.5) is 0 Å². The van der Waals surface area contributed by atoms with Crippen LogP contribution < -0.4 is 11.2 Å². The van der Waals surface area contributed by atoms with Gasteiger partial charge in [0.15, 0.2) is 0 Å². The van der Waals surface area contributed by atoms with Crippen LogP contribution in [0.2, 0.25) is 0 Å². The van der Waals surface area contributed by atoms with Gasteiger partial charge in [-0.2, -0.15) is 0 Å². The van der Waals surface area contributed by atoms with Crippen molar-refractivity contribution in [3.63, 3.8) is 0 Å². The first kappa shape index (κ1) is 15.1. The van der Waals surface area contributed by atoms with E-state index >= 15 is 0 Å². The Balaban J connectivity index is 2.77. The molecule has 0 radical (unpaired) electrons. The third-order valence-corrected chi connectivity index (χ3v) is 3.80. The lowest BCUT2D eigenvalue weighted by Gasteiger charge is -2.21. The summed E-state index contributed by atoms with van der Waals surface area (Å²) < 4.78 is 1.24. The molecule has 0 bridgehead atoms. The van der Waals surface area contributed by atoms with E-state index in [1.807, 2.05) is 39.8 Å². The number of aromatic amines is 1. The normalized spacial score (nSPS) is 12.6. The second-order valence-corrected chi connectivity index (χ2v) is 5.68. The fourth-order valence-electron chi connectivity index (χ4n) is 2.27. The molecule has 1 aromatic heterocycles. The maximum atomic E-state index is 12.1. The summed E-state index contributed by atoms with van der Waals surface area (Å²) in [5.41, 5.74) is 0.538. The van der Waals surface area contributed by atoms with Crippen LogP contribution in [0.1, 0.15) is 32.4 Å². The molecule has 112 valence electrons. The molecule has 0 spiro atoms. The van der Waals surface area contributed by atoms with Gasteiger partial charge in [0.05, 0.1) is 0 Å². The first-order chi connectivity index (χ1) is 9.82. The number of nitrogens with one attached hydrogen (secondary N) is 1. The van der Waals surface area contributed by atoms with Crippen molar-refractivity contribution < 1.29 is 5.11 Å². The molecule has 1 aromatic carbocycles. The minimum atomic E-state index is -0.588. The highest BCUT2D eigenvalue weighted by atomic mass is 16.3. The second kappa shape index (κ2) is 5.60. The fraction of sp³-hybridized carbons (Fsp3) is 0.375. The van der Waals surface area contributed by atoms with Crippen LogP contribution in [0.5, 0.6) is 5.88 Å². The van der Waals surface area contributed by atoms with E-state index in [4.69, 9.17) is 0 Å². The summed E-state index contributed by atoms with van der Waals surface area (Å²) in [7, 11) is 0. The Bertz CT molecular complexity index is 772. The summed E-state index contributed by atoms with van der Waals surface area (Å²) in [4.78, 5) is 26.4. The highest BCUT2D eigenvalue weighted by molar-refractivity contribution is 5.67. The lowest BCUT2D eigenvalue weighted by atomic mass is 10.0. The van der Waals surface area contributed by atoms with Crippen molar-refractivity contribution in [2.75, 3.05) is 0 Å². The van der Waals surface area contributed by atoms with Crippen molar-refractivity contribution in [1.29, 1.82) is 0 Å². The van der Waals surface area contributed by atoms with Crippen molar-refractivity contribution >= 4 is 0 Å². The van der Waals surface area contributed by atoms with E-state index in [9.17, 15) is 14.7 Å². The largest absolute Gasteiger partial charge is 0.494 e. The number of benzene rings is 1. The number of nitrogens with zero attached hydrogens (tertiary/aromatic N) is 1. The van der Waals surface area contributed by atoms with Crippen LogP contribution in [0.15, 0.2) is 33.9 Å². The third-order valence-electron chi connectivity index (χ3n) is 3.80. The fourth-order valence-corrected chi connectivity index (χ4v) is 2.27. The molecule has 0 aliphatic heterocycles. The number of H-pyrrole nitrogens is 1. The van der Waals surface area contributed by atoms with Gasteiger partial charge in [0, 0.05) is 6.04 Å². The number of aromatic hydroxyl groups is 1. The van der Waals surface area contributed by atoms with E-state index < -0.39 is 11.2 Å². The zero-order chi connectivity index (χ0) is 15.7. The smallest absolute Gasteiger partial charge is 0.331 e. The Morgan fingerprint density at radius 3 is 2.43 bits per heavy atom. The average molecular weight is 288 g/mol. The topological polar surface area (TPSA) is 75.1 Å². The molecular weight excluding hydrogens is 268 g/mol. The SMILES string of the molecule is Cc1cccc(-c2c(O)n(C(C)C(C)C)c(=O)[nH]c2=O)c1. The van der Waals surface area contributed by atoms with E-state index in [0.29, 0.717) is 5.56 Å². The van der Waals surface area contributed by atoms with E-state index in [0.717, 1.165) is 5.56 Å². The molecule has 0 saturated heterocycles. The third kappa shape index (κ3) is 2.77. The Morgan fingerprint density at radius 1 is 1.19 bits per heavy atom. The van der Waals surface area contributed by atoms with E-state index in [-0.39, 0.29) is 23.4 Å². The van der Waals surface area contributed by atoms with Gasteiger partial charge < -0.3 is 5.11 Å². The molecule has 0 amide bonds. The quantitative estimate of drug-likeness (QED) is 0.911. The molecule has 0 saturated carbocycles. The molecule has 2 rings (SSSR count). The Kier molecular flexibility index (Phi) is 4.02. The zero-order valence-corrected chi connectivity index (χ0v) is 12.7. The summed E-state index contributed by atoms with van der Waals surface area (Å²) in [5.74, 6) is -0.139. The van der Waals surface area contributed by atoms with Crippen LogP contribution in [-0.4, -0.2) is 14.7 Å². The van der Waals surface area contributed by atoms with Gasteiger partial charge in [-0.15, -0.1) is 0 Å². The number of aromatic nitrogens is 2. The first-order valence-corrected chi connectivity index (χ1v) is 6.97. The van der Waals surface area contributed by atoms with Crippen LogP contribution >= 0.6 is 0 Å². The molecule has 0 aliphatic carbocycles. The Morgan fingerprint density at radius 2 is 1.86 bits per heavy atom. The first-order valence-electron chi connectivity index (χ1n) is 6.97. The molecule has 2 aromatic rings. The van der Waals surface area contributed by atoms with Gasteiger partial charge in [0.2, 0.25) is 5.88 Å². The highest BCUT2D eigenvalue weighted by Gasteiger charge is 2.21. The lowest BCUT2D eigenvalue weighted by Crippen LogP contribution is -2.34. The van der Waals surface area contributed by atoms with E-state index in [1.165, 1.54) is 4.57 Å². The van der Waals surface area contributed by atoms with E-state index in [1.54, 1.807) is 12.1 Å². The predicted octanol–water partition coefficient (Wildman–Crippen LogP) is 2.43. The second-order valence-electron chi connectivity index (χ2n) is 5.68. The molecule has 5 heteroatoms. The monoisotopic (exact) mass is 288 g/mol. The van der Waals surface area contributed by atoms with Gasteiger partial charge in [-0.25, -0.2) is 4.79 Å². The van der Waals surface area contributed by atoms with Crippen molar-refractivity contribution in [2.45, 2.75) is 33.7 Å². The van der Waals surface area contributed by atoms with Crippen LogP contribution in [0, 0.1) is 12.8 Å². The average Bonchev–Trinajstić information content (AvgIpc) is 2.37. The van der Waals surface area contributed by atoms with Crippen LogP contribution in [-0.2, 0) is 0 Å². The lowest BCUT2D eigenvalue weighted by molar-refractivity contribution is 0.326. The van der Waals surface area contributed by atoms with Gasteiger partial charge >= 0.3 is 5.69 Å². The number of hydrogen-bond acceptors (Lipinski definition) is 3. The van der Waals surface area contributed by atoms with Gasteiger partial charge in [-0.3, -0.25) is 14.3 Å². The standard InChI is InChI=1S/C16H20N2O3/c1-9(2)11(4)18-15(20)13(14(19)17-16(18)21)12-7-5-6-10(3)8-12/h5-9,11,20H,1-4H3,(H,17,19,21). The summed E-state index contributed by atoms with van der Waals surface area (Å²) in [6, 6.07) is 7.04. The van der Waals surface area contributed by atoms with Crippen LogP contribution in [0.3, 0.4) is 0 Å². The molecule has 0 fully saturated rings. The number of aryl methyl sites for hydroxylation is 1. The maximum absolute atomic E-state index is 12.1. The highest BCUT2D eigenvalue weighted by Crippen LogP contribution is 2.28. The Hall–Kier alpha value is -2.30. The number of rotatable bonds is 3. The van der Waals surface area contributed by atoms with Gasteiger partial charge in [0.1, 0.15) is 5.56 Å². The Labute approximate surface area is 122 Å². The summed E-state index contributed by atoms with van der Waals surface area (Å²) in [5, 5.41) is 10.5. The van der Waals surface area contributed by atoms with Crippen molar-refractivity contribution in [3.8, 4) is 17.0 Å². The van der Waals surface area contributed by atoms with Crippen LogP contribution in [0.25, 0.3) is 11.1 Å². The maximum Gasteiger partial charge on any atom is 0.331 e. The van der Waals surface area contributed by atoms with Gasteiger partial charge in [-0.1, -0.05) is 43.7 Å². The molecule has 5 nitrogen and oxygen atoms in total. The summed E-state index contributed by atoms with van der Waals surface area (Å²) in [6.45, 7) is 7.65. The van der Waals surface area contributed by atoms with E-state index in [2.05, 4.69) is 4.98 Å². The molecule has 2 N–H and O–H groups in total. The predicted molar refractivity (Wildman–Crippen MR) is 82.7 cm³/mol. The summed E-state index contributed by atoms with van der Waals surface area (Å²) in [6.07, 6.45) is 0. The molecule has 0 aliphatic rings. The number of hydrogen-bond donors (Lipinski definition) is 2. The molecule has 1 unspecified atom stereocenters. The zero-order valence-electron chi connectivity index (χ0n) is 12.7. The van der Waals surface area contributed by atoms with Gasteiger partial charge in [0.25, 0.3) is 5.56 Å². The van der Waals surface area contributed by atoms with Crippen molar-refractivity contribution in [3.05, 3.63) is 50.7 Å². The molecule has 21 heavy (non-hydrogen) atoms. The minimum absolute atomic E-state index is 0.130. The molecular formula is C16H20N2O3. The van der Waals surface area contributed by atoms with Crippen molar-refractivity contribution in [2.24, 2.45) is 5.92 Å². The minimum Gasteiger partial charge on any atom is -0.494 e.